The van der Waals surface area contributed by atoms with Gasteiger partial charge in [-0.1, -0.05) is 18.2 Å². The van der Waals surface area contributed by atoms with Crippen LogP contribution in [0.15, 0.2) is 58.3 Å². The zero-order chi connectivity index (χ0) is 18.7. The Morgan fingerprint density at radius 2 is 1.92 bits per heavy atom. The zero-order valence-electron chi connectivity index (χ0n) is 15.0. The van der Waals surface area contributed by atoms with Gasteiger partial charge in [0.05, 0.1) is 18.0 Å². The van der Waals surface area contributed by atoms with Crippen LogP contribution in [-0.2, 0) is 7.05 Å². The monoisotopic (exact) mass is 351 g/mol. The first-order chi connectivity index (χ1) is 12.5. The van der Waals surface area contributed by atoms with E-state index in [-0.39, 0.29) is 11.3 Å². The number of aromatic hydroxyl groups is 1. The highest BCUT2D eigenvalue weighted by molar-refractivity contribution is 5.85. The van der Waals surface area contributed by atoms with Gasteiger partial charge in [-0.05, 0) is 38.1 Å². The van der Waals surface area contributed by atoms with Crippen molar-refractivity contribution in [2.24, 2.45) is 12.0 Å². The predicted molar refractivity (Wildman–Crippen MR) is 102 cm³/mol. The quantitative estimate of drug-likeness (QED) is 0.717. The lowest BCUT2D eigenvalue weighted by Gasteiger charge is -2.07. The second-order valence-electron chi connectivity index (χ2n) is 5.82. The number of aromatic nitrogens is 2. The number of para-hydroxylation sites is 1. The molecule has 0 radical (unpaired) electrons. The van der Waals surface area contributed by atoms with Crippen LogP contribution < -0.4 is 10.3 Å². The summed E-state index contributed by atoms with van der Waals surface area (Å²) in [5, 5.41) is 10.1. The van der Waals surface area contributed by atoms with E-state index in [0.717, 1.165) is 11.4 Å². The summed E-state index contributed by atoms with van der Waals surface area (Å²) in [5.41, 5.74) is 2.15. The molecule has 0 saturated carbocycles. The molecule has 0 fully saturated rings. The van der Waals surface area contributed by atoms with Gasteiger partial charge in [0.15, 0.2) is 5.69 Å². The molecule has 0 amide bonds. The summed E-state index contributed by atoms with van der Waals surface area (Å²) in [6, 6.07) is 14.4. The molecule has 1 heterocycles. The number of benzene rings is 2. The van der Waals surface area contributed by atoms with E-state index in [9.17, 15) is 9.90 Å². The molecule has 0 aliphatic heterocycles. The molecule has 0 unspecified atom stereocenters. The van der Waals surface area contributed by atoms with Crippen molar-refractivity contribution in [3.05, 3.63) is 70.1 Å². The molecular formula is C20H21N3O3. The molecule has 1 aromatic heterocycles. The van der Waals surface area contributed by atoms with Crippen molar-refractivity contribution in [1.29, 1.82) is 0 Å². The van der Waals surface area contributed by atoms with Crippen LogP contribution in [0, 0.1) is 6.92 Å². The fraction of sp³-hybridized carbons (Fsp3) is 0.200. The summed E-state index contributed by atoms with van der Waals surface area (Å²) in [5.74, 6) is 0.640. The smallest absolute Gasteiger partial charge is 0.297 e. The first kappa shape index (κ1) is 17.5. The van der Waals surface area contributed by atoms with Gasteiger partial charge in [-0.25, -0.2) is 9.67 Å². The van der Waals surface area contributed by atoms with Crippen molar-refractivity contribution in [1.82, 2.24) is 9.36 Å². The number of nitrogens with zero attached hydrogens (tertiary/aromatic N) is 3. The Labute approximate surface area is 151 Å². The maximum absolute atomic E-state index is 12.8. The van der Waals surface area contributed by atoms with Crippen molar-refractivity contribution in [2.75, 3.05) is 6.61 Å². The number of phenols is 1. The van der Waals surface area contributed by atoms with E-state index >= 15 is 0 Å². The highest BCUT2D eigenvalue weighted by Gasteiger charge is 2.15. The van der Waals surface area contributed by atoms with E-state index in [1.807, 2.05) is 51.2 Å². The Morgan fingerprint density at radius 1 is 1.19 bits per heavy atom. The SMILES string of the molecule is CCOc1ccc(C=Nc2c(C)n(C)n(-c3ccccc3)c2=O)c(O)c1. The Balaban J connectivity index is 1.99. The fourth-order valence-corrected chi connectivity index (χ4v) is 2.73. The Kier molecular flexibility index (Phi) is 4.93. The molecule has 1 N–H and O–H groups in total. The molecule has 26 heavy (non-hydrogen) atoms. The van der Waals surface area contributed by atoms with Crippen molar-refractivity contribution < 1.29 is 9.84 Å². The Hall–Kier alpha value is -3.28. The van der Waals surface area contributed by atoms with E-state index in [1.54, 1.807) is 21.5 Å². The molecule has 134 valence electrons. The molecule has 0 saturated heterocycles. The van der Waals surface area contributed by atoms with Crippen LogP contribution in [0.25, 0.3) is 5.69 Å². The van der Waals surface area contributed by atoms with Gasteiger partial charge in [0, 0.05) is 24.9 Å². The van der Waals surface area contributed by atoms with E-state index in [4.69, 9.17) is 4.74 Å². The van der Waals surface area contributed by atoms with Gasteiger partial charge in [-0.3, -0.25) is 9.48 Å². The van der Waals surface area contributed by atoms with Crippen molar-refractivity contribution in [3.8, 4) is 17.2 Å². The average molecular weight is 351 g/mol. The number of hydrogen-bond donors (Lipinski definition) is 1. The maximum atomic E-state index is 12.8. The Bertz CT molecular complexity index is 1000. The molecule has 3 aromatic rings. The van der Waals surface area contributed by atoms with Gasteiger partial charge in [0.2, 0.25) is 0 Å². The summed E-state index contributed by atoms with van der Waals surface area (Å²) >= 11 is 0. The average Bonchev–Trinajstić information content (AvgIpc) is 2.85. The second kappa shape index (κ2) is 7.31. The lowest BCUT2D eigenvalue weighted by molar-refractivity contribution is 0.337. The normalized spacial score (nSPS) is 11.2. The van der Waals surface area contributed by atoms with Crippen molar-refractivity contribution >= 4 is 11.9 Å². The van der Waals surface area contributed by atoms with Crippen LogP contribution in [0.4, 0.5) is 5.69 Å². The van der Waals surface area contributed by atoms with Gasteiger partial charge in [-0.2, -0.15) is 0 Å². The summed E-state index contributed by atoms with van der Waals surface area (Å²) < 4.78 is 8.69. The first-order valence-corrected chi connectivity index (χ1v) is 8.36. The number of phenolic OH excluding ortho intramolecular Hbond substituents is 1. The Morgan fingerprint density at radius 3 is 2.58 bits per heavy atom. The third-order valence-corrected chi connectivity index (χ3v) is 4.17. The molecule has 6 heteroatoms. The molecule has 6 nitrogen and oxygen atoms in total. The molecule has 0 aliphatic carbocycles. The van der Waals surface area contributed by atoms with Crippen LogP contribution in [0.2, 0.25) is 0 Å². The van der Waals surface area contributed by atoms with Crippen LogP contribution in [-0.4, -0.2) is 27.3 Å². The molecule has 0 bridgehead atoms. The number of rotatable bonds is 5. The molecule has 3 rings (SSSR count). The van der Waals surface area contributed by atoms with Crippen molar-refractivity contribution in [2.45, 2.75) is 13.8 Å². The van der Waals surface area contributed by atoms with Gasteiger partial charge in [0.1, 0.15) is 11.5 Å². The molecular weight excluding hydrogens is 330 g/mol. The summed E-state index contributed by atoms with van der Waals surface area (Å²) in [7, 11) is 1.82. The summed E-state index contributed by atoms with van der Waals surface area (Å²) in [6.45, 7) is 4.24. The lowest BCUT2D eigenvalue weighted by atomic mass is 10.2. The number of hydrogen-bond acceptors (Lipinski definition) is 4. The molecule has 0 aliphatic rings. The highest BCUT2D eigenvalue weighted by atomic mass is 16.5. The topological polar surface area (TPSA) is 68.8 Å². The van der Waals surface area contributed by atoms with Gasteiger partial charge in [-0.15, -0.1) is 0 Å². The minimum atomic E-state index is -0.210. The zero-order valence-corrected chi connectivity index (χ0v) is 15.0. The largest absolute Gasteiger partial charge is 0.507 e. The van der Waals surface area contributed by atoms with Crippen LogP contribution in [0.1, 0.15) is 18.2 Å². The first-order valence-electron chi connectivity index (χ1n) is 8.36. The van der Waals surface area contributed by atoms with E-state index < -0.39 is 0 Å². The fourth-order valence-electron chi connectivity index (χ4n) is 2.73. The second-order valence-corrected chi connectivity index (χ2v) is 5.82. The van der Waals surface area contributed by atoms with Gasteiger partial charge < -0.3 is 9.84 Å². The van der Waals surface area contributed by atoms with Crippen molar-refractivity contribution in [3.63, 3.8) is 0 Å². The highest BCUT2D eigenvalue weighted by Crippen LogP contribution is 2.23. The predicted octanol–water partition coefficient (Wildman–Crippen LogP) is 3.34. The number of ether oxygens (including phenoxy) is 1. The van der Waals surface area contributed by atoms with Gasteiger partial charge >= 0.3 is 0 Å². The molecule has 0 spiro atoms. The summed E-state index contributed by atoms with van der Waals surface area (Å²) in [4.78, 5) is 17.1. The molecule has 0 atom stereocenters. The maximum Gasteiger partial charge on any atom is 0.297 e. The van der Waals surface area contributed by atoms with E-state index in [0.29, 0.717) is 23.6 Å². The third-order valence-electron chi connectivity index (χ3n) is 4.17. The van der Waals surface area contributed by atoms with Crippen LogP contribution in [0.3, 0.4) is 0 Å². The third kappa shape index (κ3) is 3.26. The van der Waals surface area contributed by atoms with Gasteiger partial charge in [0.25, 0.3) is 5.56 Å². The van der Waals surface area contributed by atoms with E-state index in [2.05, 4.69) is 4.99 Å². The minimum absolute atomic E-state index is 0.0525. The lowest BCUT2D eigenvalue weighted by Crippen LogP contribution is -2.19. The summed E-state index contributed by atoms with van der Waals surface area (Å²) in [6.07, 6.45) is 1.49. The van der Waals surface area contributed by atoms with Crippen LogP contribution in [0.5, 0.6) is 11.5 Å². The minimum Gasteiger partial charge on any atom is -0.507 e. The van der Waals surface area contributed by atoms with E-state index in [1.165, 1.54) is 12.3 Å². The number of aliphatic imine (C=N–C) groups is 1. The molecule has 2 aromatic carbocycles. The van der Waals surface area contributed by atoms with Crippen LogP contribution >= 0.6 is 0 Å². The standard InChI is InChI=1S/C20H21N3O3/c1-4-26-17-11-10-15(18(24)12-17)13-21-19-14(2)22(3)23(20(19)25)16-8-6-5-7-9-16/h5-13,24H,4H2,1-3H3.